The molecule has 1 aliphatic heterocycles. The molecule has 1 aromatic rings. The van der Waals surface area contributed by atoms with E-state index in [1.165, 1.54) is 0 Å². The Balaban J connectivity index is 1.61. The standard InChI is InChI=1S/C20H30N4O2/c1-23-13-5-6-17(14-23)24(2)18(25)15-7-9-16(10-8-15)22-19(26)20(21)11-3-4-12-20/h7-10,17H,3-6,11-14,21H2,1-2H3,(H,22,26). The van der Waals surface area contributed by atoms with Crippen LogP contribution in [0, 0.1) is 0 Å². The number of hydrogen-bond donors (Lipinski definition) is 2. The smallest absolute Gasteiger partial charge is 0.253 e. The van der Waals surface area contributed by atoms with E-state index in [9.17, 15) is 9.59 Å². The summed E-state index contributed by atoms with van der Waals surface area (Å²) in [5, 5.41) is 2.89. The molecular formula is C20H30N4O2. The summed E-state index contributed by atoms with van der Waals surface area (Å²) < 4.78 is 0. The monoisotopic (exact) mass is 358 g/mol. The fourth-order valence-corrected chi connectivity index (χ4v) is 4.01. The van der Waals surface area contributed by atoms with Crippen LogP contribution in [0.2, 0.25) is 0 Å². The minimum absolute atomic E-state index is 0.0225. The van der Waals surface area contributed by atoms with E-state index < -0.39 is 5.54 Å². The van der Waals surface area contributed by atoms with Gasteiger partial charge in [-0.1, -0.05) is 12.8 Å². The Morgan fingerprint density at radius 3 is 2.46 bits per heavy atom. The molecule has 0 bridgehead atoms. The fraction of sp³-hybridized carbons (Fsp3) is 0.600. The van der Waals surface area contributed by atoms with E-state index in [-0.39, 0.29) is 17.9 Å². The number of carbonyl (C=O) groups is 2. The van der Waals surface area contributed by atoms with E-state index >= 15 is 0 Å². The number of benzene rings is 1. The van der Waals surface area contributed by atoms with Crippen molar-refractivity contribution in [1.82, 2.24) is 9.80 Å². The van der Waals surface area contributed by atoms with Crippen LogP contribution in [0.1, 0.15) is 48.9 Å². The van der Waals surface area contributed by atoms with Gasteiger partial charge in [-0.05, 0) is 63.5 Å². The zero-order valence-electron chi connectivity index (χ0n) is 15.8. The molecule has 142 valence electrons. The van der Waals surface area contributed by atoms with Crippen molar-refractivity contribution in [3.63, 3.8) is 0 Å². The SMILES string of the molecule is CN1CCCC(N(C)C(=O)c2ccc(NC(=O)C3(N)CCCC3)cc2)C1. The number of nitrogens with two attached hydrogens (primary N) is 1. The molecule has 0 aromatic heterocycles. The average Bonchev–Trinajstić information content (AvgIpc) is 3.09. The van der Waals surface area contributed by atoms with Crippen molar-refractivity contribution in [2.24, 2.45) is 5.73 Å². The molecule has 6 nitrogen and oxygen atoms in total. The third kappa shape index (κ3) is 4.07. The molecular weight excluding hydrogens is 328 g/mol. The van der Waals surface area contributed by atoms with Gasteiger partial charge in [-0.25, -0.2) is 0 Å². The predicted molar refractivity (Wildman–Crippen MR) is 103 cm³/mol. The molecule has 3 rings (SSSR count). The van der Waals surface area contributed by atoms with Gasteiger partial charge >= 0.3 is 0 Å². The second kappa shape index (κ2) is 7.76. The van der Waals surface area contributed by atoms with Gasteiger partial charge in [-0.2, -0.15) is 0 Å². The minimum Gasteiger partial charge on any atom is -0.337 e. The van der Waals surface area contributed by atoms with Crippen molar-refractivity contribution in [3.8, 4) is 0 Å². The number of nitrogens with zero attached hydrogens (tertiary/aromatic N) is 2. The first kappa shape index (κ1) is 18.9. The quantitative estimate of drug-likeness (QED) is 0.864. The predicted octanol–water partition coefficient (Wildman–Crippen LogP) is 2.06. The molecule has 1 unspecified atom stereocenters. The number of amides is 2. The number of nitrogens with one attached hydrogen (secondary N) is 1. The Kier molecular flexibility index (Phi) is 5.63. The summed E-state index contributed by atoms with van der Waals surface area (Å²) in [4.78, 5) is 29.2. The molecule has 1 atom stereocenters. The highest BCUT2D eigenvalue weighted by molar-refractivity contribution is 5.99. The van der Waals surface area contributed by atoms with E-state index in [0.717, 1.165) is 51.6 Å². The molecule has 0 radical (unpaired) electrons. The van der Waals surface area contributed by atoms with Crippen LogP contribution in [0.25, 0.3) is 0 Å². The first-order chi connectivity index (χ1) is 12.4. The number of anilines is 1. The van der Waals surface area contributed by atoms with E-state index in [2.05, 4.69) is 17.3 Å². The van der Waals surface area contributed by atoms with Crippen LogP contribution in [0.5, 0.6) is 0 Å². The lowest BCUT2D eigenvalue weighted by molar-refractivity contribution is -0.121. The normalized spacial score (nSPS) is 22.8. The van der Waals surface area contributed by atoms with Crippen molar-refractivity contribution in [1.29, 1.82) is 0 Å². The zero-order chi connectivity index (χ0) is 18.7. The Morgan fingerprint density at radius 2 is 1.85 bits per heavy atom. The number of hydrogen-bond acceptors (Lipinski definition) is 4. The highest BCUT2D eigenvalue weighted by atomic mass is 16.2. The van der Waals surface area contributed by atoms with Crippen LogP contribution in [0.15, 0.2) is 24.3 Å². The van der Waals surface area contributed by atoms with Crippen molar-refractivity contribution in [2.45, 2.75) is 50.1 Å². The third-order valence-corrected chi connectivity index (χ3v) is 5.81. The summed E-state index contributed by atoms with van der Waals surface area (Å²) in [7, 11) is 3.97. The Hall–Kier alpha value is -1.92. The van der Waals surface area contributed by atoms with Gasteiger partial charge in [0.1, 0.15) is 0 Å². The average molecular weight is 358 g/mol. The number of likely N-dealkylation sites (N-methyl/N-ethyl adjacent to an activating group) is 2. The minimum atomic E-state index is -0.748. The number of piperidine rings is 1. The van der Waals surface area contributed by atoms with Gasteiger partial charge in [-0.3, -0.25) is 9.59 Å². The molecule has 26 heavy (non-hydrogen) atoms. The summed E-state index contributed by atoms with van der Waals surface area (Å²) in [5.41, 5.74) is 6.76. The van der Waals surface area contributed by atoms with Gasteiger partial charge in [0.25, 0.3) is 5.91 Å². The molecule has 6 heteroatoms. The van der Waals surface area contributed by atoms with E-state index in [0.29, 0.717) is 11.3 Å². The maximum absolute atomic E-state index is 12.7. The first-order valence-electron chi connectivity index (χ1n) is 9.55. The van der Waals surface area contributed by atoms with Crippen molar-refractivity contribution in [2.75, 3.05) is 32.5 Å². The van der Waals surface area contributed by atoms with Crippen LogP contribution in [-0.4, -0.2) is 60.4 Å². The largest absolute Gasteiger partial charge is 0.337 e. The molecule has 1 heterocycles. The third-order valence-electron chi connectivity index (χ3n) is 5.81. The number of rotatable bonds is 4. The first-order valence-corrected chi connectivity index (χ1v) is 9.55. The molecule has 2 aliphatic rings. The fourth-order valence-electron chi connectivity index (χ4n) is 4.01. The molecule has 1 aliphatic carbocycles. The molecule has 1 aromatic carbocycles. The summed E-state index contributed by atoms with van der Waals surface area (Å²) in [6.07, 6.45) is 5.62. The summed E-state index contributed by atoms with van der Waals surface area (Å²) >= 11 is 0. The van der Waals surface area contributed by atoms with E-state index in [4.69, 9.17) is 5.73 Å². The highest BCUT2D eigenvalue weighted by Crippen LogP contribution is 2.28. The second-order valence-corrected chi connectivity index (χ2v) is 7.87. The second-order valence-electron chi connectivity index (χ2n) is 7.87. The van der Waals surface area contributed by atoms with Gasteiger partial charge in [0.05, 0.1) is 5.54 Å². The number of carbonyl (C=O) groups excluding carboxylic acids is 2. The van der Waals surface area contributed by atoms with E-state index in [1.807, 2.05) is 11.9 Å². The van der Waals surface area contributed by atoms with Crippen LogP contribution in [0.4, 0.5) is 5.69 Å². The molecule has 2 fully saturated rings. The molecule has 1 saturated carbocycles. The lowest BCUT2D eigenvalue weighted by atomic mass is 9.98. The Morgan fingerprint density at radius 1 is 1.19 bits per heavy atom. The zero-order valence-corrected chi connectivity index (χ0v) is 15.8. The Bertz CT molecular complexity index is 652. The maximum atomic E-state index is 12.7. The van der Waals surface area contributed by atoms with Gasteiger partial charge < -0.3 is 20.9 Å². The summed E-state index contributed by atoms with van der Waals surface area (Å²) in [5.74, 6) is -0.106. The maximum Gasteiger partial charge on any atom is 0.253 e. The number of likely N-dealkylation sites (tertiary alicyclic amines) is 1. The molecule has 0 spiro atoms. The van der Waals surface area contributed by atoms with Gasteiger partial charge in [0, 0.05) is 30.9 Å². The summed E-state index contributed by atoms with van der Waals surface area (Å²) in [6, 6.07) is 7.37. The van der Waals surface area contributed by atoms with E-state index in [1.54, 1.807) is 24.3 Å². The van der Waals surface area contributed by atoms with Crippen molar-refractivity contribution in [3.05, 3.63) is 29.8 Å². The van der Waals surface area contributed by atoms with Crippen molar-refractivity contribution < 1.29 is 9.59 Å². The van der Waals surface area contributed by atoms with Gasteiger partial charge in [0.15, 0.2) is 0 Å². The Labute approximate surface area is 155 Å². The molecule has 1 saturated heterocycles. The van der Waals surface area contributed by atoms with Crippen LogP contribution in [-0.2, 0) is 4.79 Å². The molecule has 2 amide bonds. The van der Waals surface area contributed by atoms with Crippen LogP contribution in [0.3, 0.4) is 0 Å². The highest BCUT2D eigenvalue weighted by Gasteiger charge is 2.37. The van der Waals surface area contributed by atoms with Gasteiger partial charge in [-0.15, -0.1) is 0 Å². The molecule has 3 N–H and O–H groups in total. The van der Waals surface area contributed by atoms with Crippen molar-refractivity contribution >= 4 is 17.5 Å². The summed E-state index contributed by atoms with van der Waals surface area (Å²) in [6.45, 7) is 2.00. The van der Waals surface area contributed by atoms with Gasteiger partial charge in [0.2, 0.25) is 5.91 Å². The van der Waals surface area contributed by atoms with Crippen LogP contribution >= 0.6 is 0 Å². The topological polar surface area (TPSA) is 78.7 Å². The van der Waals surface area contributed by atoms with Crippen LogP contribution < -0.4 is 11.1 Å². The lowest BCUT2D eigenvalue weighted by Gasteiger charge is -2.35. The lowest BCUT2D eigenvalue weighted by Crippen LogP contribution is -2.48.